The number of likely N-dealkylation sites (tertiary alicyclic amines) is 1. The van der Waals surface area contributed by atoms with Crippen LogP contribution in [-0.4, -0.2) is 35.7 Å². The average Bonchev–Trinajstić information content (AvgIpc) is 2.58. The Morgan fingerprint density at radius 3 is 2.87 bits per heavy atom. The maximum atomic E-state index is 9.50. The Morgan fingerprint density at radius 1 is 1.47 bits per heavy atom. The fourth-order valence-electron chi connectivity index (χ4n) is 2.96. The molecule has 0 aromatic carbocycles. The lowest BCUT2D eigenvalue weighted by Crippen LogP contribution is -2.33. The molecule has 2 rings (SSSR count). The molecule has 0 bridgehead atoms. The largest absolute Gasteiger partial charge is 0.392 e. The van der Waals surface area contributed by atoms with Gasteiger partial charge in [0.15, 0.2) is 0 Å². The van der Waals surface area contributed by atoms with Gasteiger partial charge >= 0.3 is 0 Å². The zero-order valence-corrected chi connectivity index (χ0v) is 9.95. The van der Waals surface area contributed by atoms with Gasteiger partial charge in [0.25, 0.3) is 0 Å². The monoisotopic (exact) mass is 209 g/mol. The SMILES string of the molecule is CC1=CCC[C@H](C)[C@H]1CN1CC[C@H](O)C1. The Morgan fingerprint density at radius 2 is 2.27 bits per heavy atom. The highest BCUT2D eigenvalue weighted by Gasteiger charge is 2.27. The van der Waals surface area contributed by atoms with E-state index in [1.54, 1.807) is 5.57 Å². The molecule has 0 aromatic rings. The zero-order chi connectivity index (χ0) is 10.8. The molecule has 1 aliphatic heterocycles. The lowest BCUT2D eigenvalue weighted by atomic mass is 9.80. The van der Waals surface area contributed by atoms with E-state index in [0.717, 1.165) is 37.9 Å². The molecule has 1 heterocycles. The van der Waals surface area contributed by atoms with Gasteiger partial charge < -0.3 is 10.0 Å². The van der Waals surface area contributed by atoms with E-state index in [-0.39, 0.29) is 6.10 Å². The number of β-amino-alcohol motifs (C(OH)–C–C–N with tert-alkyl or cyclic N) is 1. The molecule has 3 atom stereocenters. The first-order valence-corrected chi connectivity index (χ1v) is 6.24. The van der Waals surface area contributed by atoms with E-state index in [1.807, 2.05) is 0 Å². The minimum absolute atomic E-state index is 0.0758. The quantitative estimate of drug-likeness (QED) is 0.704. The maximum absolute atomic E-state index is 9.50. The predicted octanol–water partition coefficient (Wildman–Crippen LogP) is 2.05. The molecule has 15 heavy (non-hydrogen) atoms. The summed E-state index contributed by atoms with van der Waals surface area (Å²) in [6.07, 6.45) is 5.87. The van der Waals surface area contributed by atoms with Crippen LogP contribution in [0.25, 0.3) is 0 Å². The molecule has 0 unspecified atom stereocenters. The van der Waals surface area contributed by atoms with E-state index in [9.17, 15) is 5.11 Å². The molecule has 2 heteroatoms. The van der Waals surface area contributed by atoms with Gasteiger partial charge in [-0.2, -0.15) is 0 Å². The average molecular weight is 209 g/mol. The van der Waals surface area contributed by atoms with Gasteiger partial charge in [0.05, 0.1) is 6.10 Å². The summed E-state index contributed by atoms with van der Waals surface area (Å²) in [5.74, 6) is 1.54. The normalized spacial score (nSPS) is 38.1. The third-order valence-electron chi connectivity index (χ3n) is 4.06. The molecule has 1 fully saturated rings. The van der Waals surface area contributed by atoms with E-state index >= 15 is 0 Å². The molecule has 1 aliphatic carbocycles. The zero-order valence-electron chi connectivity index (χ0n) is 9.95. The predicted molar refractivity (Wildman–Crippen MR) is 62.7 cm³/mol. The van der Waals surface area contributed by atoms with Crippen molar-refractivity contribution in [1.29, 1.82) is 0 Å². The first-order chi connectivity index (χ1) is 7.16. The molecule has 0 radical (unpaired) electrons. The van der Waals surface area contributed by atoms with Crippen molar-refractivity contribution in [3.63, 3.8) is 0 Å². The van der Waals surface area contributed by atoms with Crippen LogP contribution in [0, 0.1) is 11.8 Å². The summed E-state index contributed by atoms with van der Waals surface area (Å²) in [7, 11) is 0. The second-order valence-corrected chi connectivity index (χ2v) is 5.31. The van der Waals surface area contributed by atoms with Crippen molar-refractivity contribution in [2.24, 2.45) is 11.8 Å². The number of aliphatic hydroxyl groups is 1. The van der Waals surface area contributed by atoms with E-state index in [2.05, 4.69) is 24.8 Å². The lowest BCUT2D eigenvalue weighted by Gasteiger charge is -2.32. The molecule has 0 amide bonds. The Kier molecular flexibility index (Phi) is 3.47. The topological polar surface area (TPSA) is 23.5 Å². The van der Waals surface area contributed by atoms with E-state index < -0.39 is 0 Å². The molecule has 1 saturated heterocycles. The van der Waals surface area contributed by atoms with Gasteiger partial charge in [-0.25, -0.2) is 0 Å². The van der Waals surface area contributed by atoms with Gasteiger partial charge in [-0.05, 0) is 38.0 Å². The molecular formula is C13H23NO. The van der Waals surface area contributed by atoms with Crippen LogP contribution in [-0.2, 0) is 0 Å². The van der Waals surface area contributed by atoms with Crippen LogP contribution < -0.4 is 0 Å². The van der Waals surface area contributed by atoms with Crippen molar-refractivity contribution in [2.45, 2.75) is 39.2 Å². The van der Waals surface area contributed by atoms with Crippen LogP contribution in [0.4, 0.5) is 0 Å². The highest BCUT2D eigenvalue weighted by molar-refractivity contribution is 5.09. The molecule has 2 aliphatic rings. The van der Waals surface area contributed by atoms with Crippen LogP contribution in [0.2, 0.25) is 0 Å². The third kappa shape index (κ3) is 2.61. The van der Waals surface area contributed by atoms with E-state index in [0.29, 0.717) is 0 Å². The minimum atomic E-state index is -0.0758. The molecule has 86 valence electrons. The molecule has 0 spiro atoms. The first-order valence-electron chi connectivity index (χ1n) is 6.24. The number of nitrogens with zero attached hydrogens (tertiary/aromatic N) is 1. The van der Waals surface area contributed by atoms with Gasteiger partial charge in [-0.1, -0.05) is 18.6 Å². The van der Waals surface area contributed by atoms with Gasteiger partial charge in [0.1, 0.15) is 0 Å². The summed E-state index contributed by atoms with van der Waals surface area (Å²) in [6, 6.07) is 0. The Labute approximate surface area is 93.0 Å². The summed E-state index contributed by atoms with van der Waals surface area (Å²) >= 11 is 0. The number of rotatable bonds is 2. The van der Waals surface area contributed by atoms with Gasteiger partial charge in [-0.15, -0.1) is 0 Å². The minimum Gasteiger partial charge on any atom is -0.392 e. The maximum Gasteiger partial charge on any atom is 0.0679 e. The fourth-order valence-corrected chi connectivity index (χ4v) is 2.96. The second kappa shape index (κ2) is 4.67. The molecule has 1 N–H and O–H groups in total. The standard InChI is InChI=1S/C13H23NO/c1-10-4-3-5-11(2)13(10)9-14-7-6-12(15)8-14/h4,11-13,15H,3,5-9H2,1-2H3/t11-,12-,13-/m0/s1. The van der Waals surface area contributed by atoms with Crippen LogP contribution in [0.3, 0.4) is 0 Å². The van der Waals surface area contributed by atoms with Crippen LogP contribution >= 0.6 is 0 Å². The highest BCUT2D eigenvalue weighted by atomic mass is 16.3. The molecule has 2 nitrogen and oxygen atoms in total. The lowest BCUT2D eigenvalue weighted by molar-refractivity contribution is 0.165. The summed E-state index contributed by atoms with van der Waals surface area (Å²) < 4.78 is 0. The number of allylic oxidation sites excluding steroid dienone is 1. The van der Waals surface area contributed by atoms with Crippen molar-refractivity contribution >= 4 is 0 Å². The van der Waals surface area contributed by atoms with Crippen LogP contribution in [0.1, 0.15) is 33.1 Å². The number of aliphatic hydroxyl groups excluding tert-OH is 1. The Hall–Kier alpha value is -0.340. The number of hydrogen-bond acceptors (Lipinski definition) is 2. The van der Waals surface area contributed by atoms with Crippen molar-refractivity contribution < 1.29 is 5.11 Å². The Bertz CT molecular complexity index is 249. The fraction of sp³-hybridized carbons (Fsp3) is 0.846. The summed E-state index contributed by atoms with van der Waals surface area (Å²) in [5.41, 5.74) is 1.56. The van der Waals surface area contributed by atoms with Gasteiger partial charge in [0, 0.05) is 19.6 Å². The van der Waals surface area contributed by atoms with Crippen molar-refractivity contribution in [3.8, 4) is 0 Å². The third-order valence-corrected chi connectivity index (χ3v) is 4.06. The molecular weight excluding hydrogens is 186 g/mol. The summed E-state index contributed by atoms with van der Waals surface area (Å²) in [5, 5.41) is 9.50. The number of hydrogen-bond donors (Lipinski definition) is 1. The Balaban J connectivity index is 1.92. The van der Waals surface area contributed by atoms with Gasteiger partial charge in [0.2, 0.25) is 0 Å². The highest BCUT2D eigenvalue weighted by Crippen LogP contribution is 2.31. The summed E-state index contributed by atoms with van der Waals surface area (Å²) in [4.78, 5) is 2.43. The van der Waals surface area contributed by atoms with Gasteiger partial charge in [-0.3, -0.25) is 0 Å². The van der Waals surface area contributed by atoms with E-state index in [4.69, 9.17) is 0 Å². The van der Waals surface area contributed by atoms with Crippen LogP contribution in [0.15, 0.2) is 11.6 Å². The van der Waals surface area contributed by atoms with Crippen molar-refractivity contribution in [1.82, 2.24) is 4.90 Å². The smallest absolute Gasteiger partial charge is 0.0679 e. The first kappa shape index (κ1) is 11.2. The summed E-state index contributed by atoms with van der Waals surface area (Å²) in [6.45, 7) is 7.76. The van der Waals surface area contributed by atoms with E-state index in [1.165, 1.54) is 12.8 Å². The molecule has 0 aromatic heterocycles. The molecule has 0 saturated carbocycles. The van der Waals surface area contributed by atoms with Crippen LogP contribution in [0.5, 0.6) is 0 Å². The second-order valence-electron chi connectivity index (χ2n) is 5.31. The van der Waals surface area contributed by atoms with Crippen molar-refractivity contribution in [3.05, 3.63) is 11.6 Å². The van der Waals surface area contributed by atoms with Crippen molar-refractivity contribution in [2.75, 3.05) is 19.6 Å².